The predicted octanol–water partition coefficient (Wildman–Crippen LogP) is 3.15. The first-order chi connectivity index (χ1) is 20.2. The van der Waals surface area contributed by atoms with Gasteiger partial charge in [-0.15, -0.1) is 0 Å². The molecule has 1 aliphatic rings. The van der Waals surface area contributed by atoms with Crippen LogP contribution in [0.15, 0.2) is 66.9 Å². The number of benzene rings is 2. The Morgan fingerprint density at radius 2 is 1.81 bits per heavy atom. The fourth-order valence-corrected chi connectivity index (χ4v) is 4.64. The smallest absolute Gasteiger partial charge is 0.223 e. The summed E-state index contributed by atoms with van der Waals surface area (Å²) in [6.07, 6.45) is 1.05. The number of halogens is 1. The van der Waals surface area contributed by atoms with Crippen LogP contribution in [0.3, 0.4) is 0 Å². The number of ether oxygens (including phenoxy) is 2. The number of ketones is 1. The standard InChI is InChI=1S/C30H32FN7O4/c1-30(26(33)22(39)15-18-5-3-2-4-6-18)16-41-28(42-17-30)27-37-24(19-7-9-20(31)10-8-19)25(38-27)21-11-13-34-29(36-21)35-14-12-23(32)40/h2-11,13,26,28H,12,14-17,33H2,1H3,(H2,32,40)(H,37,38)(H,34,35,36). The highest BCUT2D eigenvalue weighted by Gasteiger charge is 2.42. The number of aromatic nitrogens is 4. The van der Waals surface area contributed by atoms with Gasteiger partial charge < -0.3 is 31.2 Å². The third-order valence-corrected chi connectivity index (χ3v) is 7.08. The molecule has 4 aromatic rings. The highest BCUT2D eigenvalue weighted by Crippen LogP contribution is 2.36. The number of anilines is 1. The molecular formula is C30H32FN7O4. The molecule has 3 heterocycles. The summed E-state index contributed by atoms with van der Waals surface area (Å²) in [5.41, 5.74) is 14.0. The van der Waals surface area contributed by atoms with Crippen molar-refractivity contribution in [2.45, 2.75) is 32.1 Å². The Kier molecular flexibility index (Phi) is 8.67. The number of nitrogens with one attached hydrogen (secondary N) is 2. The Balaban J connectivity index is 1.36. The summed E-state index contributed by atoms with van der Waals surface area (Å²) in [6.45, 7) is 2.48. The van der Waals surface area contributed by atoms with Crippen molar-refractivity contribution in [3.63, 3.8) is 0 Å². The molecule has 0 bridgehead atoms. The molecule has 0 spiro atoms. The van der Waals surface area contributed by atoms with Crippen LogP contribution in [-0.2, 0) is 25.5 Å². The first-order valence-electron chi connectivity index (χ1n) is 13.5. The van der Waals surface area contributed by atoms with Crippen molar-refractivity contribution < 1.29 is 23.5 Å². The number of nitrogens with zero attached hydrogens (tertiary/aromatic N) is 3. The highest BCUT2D eigenvalue weighted by atomic mass is 19.1. The van der Waals surface area contributed by atoms with E-state index in [1.165, 1.54) is 12.1 Å². The number of H-pyrrole nitrogens is 1. The third kappa shape index (κ3) is 6.68. The van der Waals surface area contributed by atoms with E-state index in [2.05, 4.69) is 20.3 Å². The molecule has 12 heteroatoms. The molecule has 1 fully saturated rings. The second-order valence-electron chi connectivity index (χ2n) is 10.5. The third-order valence-electron chi connectivity index (χ3n) is 7.08. The number of carbonyl (C=O) groups excluding carboxylic acids is 2. The molecule has 1 atom stereocenters. The molecule has 2 aromatic carbocycles. The number of Topliss-reactive ketones (excluding diaryl/α,β-unsaturated/α-hetero) is 1. The second-order valence-corrected chi connectivity index (χ2v) is 10.5. The molecule has 1 saturated heterocycles. The van der Waals surface area contributed by atoms with Gasteiger partial charge in [-0.05, 0) is 35.9 Å². The van der Waals surface area contributed by atoms with Crippen LogP contribution < -0.4 is 16.8 Å². The topological polar surface area (TPSA) is 171 Å². The number of hydrogen-bond donors (Lipinski definition) is 4. The Hall–Kier alpha value is -4.52. The van der Waals surface area contributed by atoms with E-state index in [9.17, 15) is 14.0 Å². The van der Waals surface area contributed by atoms with E-state index in [1.54, 1.807) is 24.4 Å². The van der Waals surface area contributed by atoms with E-state index >= 15 is 0 Å². The summed E-state index contributed by atoms with van der Waals surface area (Å²) >= 11 is 0. The van der Waals surface area contributed by atoms with Gasteiger partial charge in [0.25, 0.3) is 0 Å². The first-order valence-corrected chi connectivity index (χ1v) is 13.5. The molecule has 218 valence electrons. The van der Waals surface area contributed by atoms with E-state index < -0.39 is 23.7 Å². The zero-order valence-electron chi connectivity index (χ0n) is 23.0. The van der Waals surface area contributed by atoms with Crippen LogP contribution in [0.25, 0.3) is 22.6 Å². The minimum atomic E-state index is -0.863. The summed E-state index contributed by atoms with van der Waals surface area (Å²) in [5.74, 6) is -0.254. The molecule has 5 rings (SSSR count). The van der Waals surface area contributed by atoms with Gasteiger partial charge in [0.05, 0.1) is 36.3 Å². The maximum Gasteiger partial charge on any atom is 0.223 e. The van der Waals surface area contributed by atoms with Gasteiger partial charge in [0.1, 0.15) is 5.82 Å². The van der Waals surface area contributed by atoms with E-state index in [4.69, 9.17) is 25.9 Å². The zero-order chi connectivity index (χ0) is 29.7. The Morgan fingerprint density at radius 1 is 1.10 bits per heavy atom. The molecule has 6 N–H and O–H groups in total. The van der Waals surface area contributed by atoms with Crippen LogP contribution in [0.5, 0.6) is 0 Å². The van der Waals surface area contributed by atoms with Gasteiger partial charge in [-0.3, -0.25) is 9.59 Å². The van der Waals surface area contributed by atoms with Crippen LogP contribution in [0, 0.1) is 11.2 Å². The van der Waals surface area contributed by atoms with Crippen molar-refractivity contribution in [2.75, 3.05) is 25.1 Å². The molecule has 11 nitrogen and oxygen atoms in total. The molecule has 2 aromatic heterocycles. The molecule has 42 heavy (non-hydrogen) atoms. The highest BCUT2D eigenvalue weighted by molar-refractivity contribution is 5.86. The predicted molar refractivity (Wildman–Crippen MR) is 153 cm³/mol. The largest absolute Gasteiger partial charge is 0.370 e. The Bertz CT molecular complexity index is 1540. The van der Waals surface area contributed by atoms with Gasteiger partial charge in [-0.25, -0.2) is 19.3 Å². The minimum absolute atomic E-state index is 0.0998. The molecule has 1 amide bonds. The number of rotatable bonds is 11. The number of hydrogen-bond acceptors (Lipinski definition) is 9. The number of aromatic amines is 1. The maximum absolute atomic E-state index is 13.7. The van der Waals surface area contributed by atoms with Crippen molar-refractivity contribution in [2.24, 2.45) is 16.9 Å². The van der Waals surface area contributed by atoms with Crippen LogP contribution in [0.2, 0.25) is 0 Å². The van der Waals surface area contributed by atoms with E-state index in [-0.39, 0.29) is 44.2 Å². The van der Waals surface area contributed by atoms with Gasteiger partial charge in [0.15, 0.2) is 11.6 Å². The van der Waals surface area contributed by atoms with E-state index in [1.807, 2.05) is 37.3 Å². The molecular weight excluding hydrogens is 541 g/mol. The van der Waals surface area contributed by atoms with Crippen LogP contribution in [0.1, 0.15) is 31.0 Å². The average Bonchev–Trinajstić information content (AvgIpc) is 3.43. The number of amides is 1. The van der Waals surface area contributed by atoms with Crippen molar-refractivity contribution in [1.29, 1.82) is 0 Å². The first kappa shape index (κ1) is 29.0. The maximum atomic E-state index is 13.7. The fourth-order valence-electron chi connectivity index (χ4n) is 4.64. The SMILES string of the molecule is CC1(C(N)C(=O)Cc2ccccc2)COC(c2nc(-c3ccc(F)cc3)c(-c3ccnc(NCCC(N)=O)n3)[nH]2)OC1. The van der Waals surface area contributed by atoms with E-state index in [0.29, 0.717) is 34.4 Å². The van der Waals surface area contributed by atoms with Crippen LogP contribution in [0.4, 0.5) is 10.3 Å². The van der Waals surface area contributed by atoms with Gasteiger partial charge in [0.2, 0.25) is 18.1 Å². The van der Waals surface area contributed by atoms with E-state index in [0.717, 1.165) is 5.56 Å². The lowest BCUT2D eigenvalue weighted by Crippen LogP contribution is -2.53. The molecule has 0 radical (unpaired) electrons. The summed E-state index contributed by atoms with van der Waals surface area (Å²) in [5, 5.41) is 2.97. The Morgan fingerprint density at radius 3 is 2.50 bits per heavy atom. The van der Waals surface area contributed by atoms with Gasteiger partial charge in [0, 0.05) is 36.6 Å². The number of nitrogens with two attached hydrogens (primary N) is 2. The van der Waals surface area contributed by atoms with Crippen molar-refractivity contribution in [3.8, 4) is 22.6 Å². The molecule has 0 aliphatic carbocycles. The zero-order valence-corrected chi connectivity index (χ0v) is 23.0. The minimum Gasteiger partial charge on any atom is -0.370 e. The summed E-state index contributed by atoms with van der Waals surface area (Å²) in [6, 6.07) is 16.3. The summed E-state index contributed by atoms with van der Waals surface area (Å²) in [7, 11) is 0. The van der Waals surface area contributed by atoms with Crippen molar-refractivity contribution in [3.05, 3.63) is 84.1 Å². The molecule has 1 unspecified atom stereocenters. The molecule has 1 aliphatic heterocycles. The van der Waals surface area contributed by atoms with Crippen LogP contribution in [-0.4, -0.2) is 57.4 Å². The lowest BCUT2D eigenvalue weighted by Gasteiger charge is -2.39. The quantitative estimate of drug-likeness (QED) is 0.210. The second kappa shape index (κ2) is 12.6. The average molecular weight is 574 g/mol. The monoisotopic (exact) mass is 573 g/mol. The Labute approximate surface area is 241 Å². The van der Waals surface area contributed by atoms with Gasteiger partial charge in [-0.1, -0.05) is 37.3 Å². The number of primary amides is 1. The van der Waals surface area contributed by atoms with Crippen molar-refractivity contribution in [1.82, 2.24) is 19.9 Å². The van der Waals surface area contributed by atoms with Gasteiger partial charge in [-0.2, -0.15) is 0 Å². The summed E-state index contributed by atoms with van der Waals surface area (Å²) in [4.78, 5) is 40.8. The fraction of sp³-hybridized carbons (Fsp3) is 0.300. The number of carbonyl (C=O) groups is 2. The van der Waals surface area contributed by atoms with Gasteiger partial charge >= 0.3 is 0 Å². The normalized spacial score (nSPS) is 19.3. The lowest BCUT2D eigenvalue weighted by atomic mass is 9.80. The number of imidazole rings is 1. The summed E-state index contributed by atoms with van der Waals surface area (Å²) < 4.78 is 25.8. The lowest BCUT2D eigenvalue weighted by molar-refractivity contribution is -0.236. The van der Waals surface area contributed by atoms with Crippen LogP contribution >= 0.6 is 0 Å². The van der Waals surface area contributed by atoms with Crippen molar-refractivity contribution >= 4 is 17.6 Å². The molecule has 0 saturated carbocycles.